The Balaban J connectivity index is 1.66. The lowest BCUT2D eigenvalue weighted by Gasteiger charge is -2.24. The predicted octanol–water partition coefficient (Wildman–Crippen LogP) is 4.30. The van der Waals surface area contributed by atoms with Gasteiger partial charge in [0.05, 0.1) is 6.04 Å². The maximum atomic E-state index is 13.0. The number of H-pyrrole nitrogens is 1. The maximum Gasteiger partial charge on any atom is 0.270 e. The molecule has 4 nitrogen and oxygen atoms in total. The minimum Gasteiger partial charge on any atom is -0.351 e. The topological polar surface area (TPSA) is 49.0 Å². The molecule has 3 aromatic rings. The molecule has 1 fully saturated rings. The Hall–Kier alpha value is -2.14. The zero-order valence-electron chi connectivity index (χ0n) is 12.5. The first kappa shape index (κ1) is 14.5. The van der Waals surface area contributed by atoms with Crippen LogP contribution in [0, 0.1) is 0 Å². The second-order valence-electron chi connectivity index (χ2n) is 5.85. The van der Waals surface area contributed by atoms with E-state index in [2.05, 4.69) is 25.9 Å². The highest BCUT2D eigenvalue weighted by atomic mass is 79.9. The maximum absolute atomic E-state index is 13.0. The van der Waals surface area contributed by atoms with E-state index in [1.165, 1.54) is 0 Å². The summed E-state index contributed by atoms with van der Waals surface area (Å²) in [6.45, 7) is 0.797. The van der Waals surface area contributed by atoms with Gasteiger partial charge < -0.3 is 9.88 Å². The fourth-order valence-electron chi connectivity index (χ4n) is 3.32. The van der Waals surface area contributed by atoms with Gasteiger partial charge >= 0.3 is 0 Å². The molecule has 1 aromatic carbocycles. The van der Waals surface area contributed by atoms with Crippen LogP contribution in [0.1, 0.15) is 34.9 Å². The van der Waals surface area contributed by atoms with Gasteiger partial charge in [0, 0.05) is 34.3 Å². The molecule has 0 bridgehead atoms. The number of halogens is 1. The average molecular weight is 370 g/mol. The Kier molecular flexibility index (Phi) is 3.65. The lowest BCUT2D eigenvalue weighted by Crippen LogP contribution is -2.30. The Morgan fingerprint density at radius 2 is 2.04 bits per heavy atom. The SMILES string of the molecule is O=C(c1cc2cc(Br)ccc2[nH]1)N1CCC[C@H]1c1ccncc1. The van der Waals surface area contributed by atoms with Crippen LogP contribution in [0.25, 0.3) is 10.9 Å². The summed E-state index contributed by atoms with van der Waals surface area (Å²) in [6, 6.07) is 12.1. The lowest BCUT2D eigenvalue weighted by molar-refractivity contribution is 0.0730. The molecule has 1 aliphatic heterocycles. The number of rotatable bonds is 2. The second-order valence-corrected chi connectivity index (χ2v) is 6.77. The van der Waals surface area contributed by atoms with Crippen LogP contribution in [-0.2, 0) is 0 Å². The third-order valence-electron chi connectivity index (χ3n) is 4.42. The number of aromatic amines is 1. The molecule has 0 aliphatic carbocycles. The van der Waals surface area contributed by atoms with Gasteiger partial charge in [-0.1, -0.05) is 15.9 Å². The Labute approximate surface area is 142 Å². The average Bonchev–Trinajstić information content (AvgIpc) is 3.21. The normalized spacial score (nSPS) is 17.8. The van der Waals surface area contributed by atoms with Crippen LogP contribution in [0.4, 0.5) is 0 Å². The van der Waals surface area contributed by atoms with Gasteiger partial charge in [0.1, 0.15) is 5.69 Å². The molecule has 0 saturated carbocycles. The van der Waals surface area contributed by atoms with Gasteiger partial charge in [0.2, 0.25) is 0 Å². The van der Waals surface area contributed by atoms with Crippen molar-refractivity contribution in [1.29, 1.82) is 0 Å². The molecule has 1 aliphatic rings. The monoisotopic (exact) mass is 369 g/mol. The Morgan fingerprint density at radius 1 is 1.22 bits per heavy atom. The van der Waals surface area contributed by atoms with Crippen molar-refractivity contribution in [3.05, 3.63) is 64.5 Å². The molecule has 1 atom stereocenters. The fourth-order valence-corrected chi connectivity index (χ4v) is 3.69. The van der Waals surface area contributed by atoms with Crippen LogP contribution in [0.15, 0.2) is 53.3 Å². The van der Waals surface area contributed by atoms with Gasteiger partial charge in [0.15, 0.2) is 0 Å². The number of aromatic nitrogens is 2. The van der Waals surface area contributed by atoms with Crippen molar-refractivity contribution in [2.24, 2.45) is 0 Å². The van der Waals surface area contributed by atoms with Crippen molar-refractivity contribution in [3.63, 3.8) is 0 Å². The zero-order chi connectivity index (χ0) is 15.8. The van der Waals surface area contributed by atoms with E-state index in [9.17, 15) is 4.79 Å². The molecule has 1 amide bonds. The van der Waals surface area contributed by atoms with Crippen molar-refractivity contribution in [2.75, 3.05) is 6.54 Å². The van der Waals surface area contributed by atoms with Crippen molar-refractivity contribution in [1.82, 2.24) is 14.9 Å². The van der Waals surface area contributed by atoms with Gasteiger partial charge in [-0.25, -0.2) is 0 Å². The molecule has 0 spiro atoms. The molecule has 1 saturated heterocycles. The van der Waals surface area contributed by atoms with Crippen LogP contribution in [-0.4, -0.2) is 27.3 Å². The summed E-state index contributed by atoms with van der Waals surface area (Å²) in [5, 5.41) is 1.04. The summed E-state index contributed by atoms with van der Waals surface area (Å²) >= 11 is 3.47. The van der Waals surface area contributed by atoms with Gasteiger partial charge in [-0.3, -0.25) is 9.78 Å². The number of hydrogen-bond donors (Lipinski definition) is 1. The molecular formula is C18H16BrN3O. The number of hydrogen-bond acceptors (Lipinski definition) is 2. The summed E-state index contributed by atoms with van der Waals surface area (Å²) in [5.41, 5.74) is 2.79. The highest BCUT2D eigenvalue weighted by molar-refractivity contribution is 9.10. The van der Waals surface area contributed by atoms with Gasteiger partial charge in [-0.05, 0) is 54.8 Å². The van der Waals surface area contributed by atoms with Crippen molar-refractivity contribution < 1.29 is 4.79 Å². The molecular weight excluding hydrogens is 354 g/mol. The highest BCUT2D eigenvalue weighted by Crippen LogP contribution is 2.33. The molecule has 3 heterocycles. The van der Waals surface area contributed by atoms with Crippen LogP contribution in [0.2, 0.25) is 0 Å². The zero-order valence-corrected chi connectivity index (χ0v) is 14.1. The summed E-state index contributed by atoms with van der Waals surface area (Å²) in [4.78, 5) is 22.2. The smallest absolute Gasteiger partial charge is 0.270 e. The molecule has 4 rings (SSSR count). The Bertz CT molecular complexity index is 859. The molecule has 1 N–H and O–H groups in total. The van der Waals surface area contributed by atoms with Gasteiger partial charge in [-0.15, -0.1) is 0 Å². The standard InChI is InChI=1S/C18H16BrN3O/c19-14-3-4-15-13(10-14)11-16(21-15)18(23)22-9-1-2-17(22)12-5-7-20-8-6-12/h3-8,10-11,17,21H,1-2,9H2/t17-/m0/s1. The summed E-state index contributed by atoms with van der Waals surface area (Å²) < 4.78 is 1.01. The number of nitrogens with one attached hydrogen (secondary N) is 1. The number of carbonyl (C=O) groups is 1. The first-order chi connectivity index (χ1) is 11.2. The Morgan fingerprint density at radius 3 is 2.87 bits per heavy atom. The van der Waals surface area contributed by atoms with Crippen molar-refractivity contribution in [2.45, 2.75) is 18.9 Å². The van der Waals surface area contributed by atoms with E-state index in [0.717, 1.165) is 40.3 Å². The first-order valence-corrected chi connectivity index (χ1v) is 8.51. The molecule has 2 aromatic heterocycles. The van der Waals surface area contributed by atoms with Crippen LogP contribution in [0.5, 0.6) is 0 Å². The van der Waals surface area contributed by atoms with E-state index in [1.807, 2.05) is 41.3 Å². The third kappa shape index (κ3) is 2.65. The summed E-state index contributed by atoms with van der Waals surface area (Å²) in [7, 11) is 0. The number of carbonyl (C=O) groups excluding carboxylic acids is 1. The number of nitrogens with zero attached hydrogens (tertiary/aromatic N) is 2. The van der Waals surface area contributed by atoms with E-state index in [-0.39, 0.29) is 11.9 Å². The highest BCUT2D eigenvalue weighted by Gasteiger charge is 2.31. The van der Waals surface area contributed by atoms with Crippen LogP contribution >= 0.6 is 15.9 Å². The predicted molar refractivity (Wildman–Crippen MR) is 93.2 cm³/mol. The largest absolute Gasteiger partial charge is 0.351 e. The fraction of sp³-hybridized carbons (Fsp3) is 0.222. The molecule has 0 radical (unpaired) electrons. The molecule has 23 heavy (non-hydrogen) atoms. The minimum atomic E-state index is 0.0663. The van der Waals surface area contributed by atoms with Crippen molar-refractivity contribution in [3.8, 4) is 0 Å². The minimum absolute atomic E-state index is 0.0663. The number of benzene rings is 1. The third-order valence-corrected chi connectivity index (χ3v) is 4.91. The van der Waals surface area contributed by atoms with E-state index < -0.39 is 0 Å². The van der Waals surface area contributed by atoms with Crippen LogP contribution in [0.3, 0.4) is 0 Å². The number of likely N-dealkylation sites (tertiary alicyclic amines) is 1. The molecule has 5 heteroatoms. The van der Waals surface area contributed by atoms with E-state index in [1.54, 1.807) is 12.4 Å². The summed E-state index contributed by atoms with van der Waals surface area (Å²) in [6.07, 6.45) is 5.61. The van der Waals surface area contributed by atoms with Gasteiger partial charge in [0.25, 0.3) is 5.91 Å². The second kappa shape index (κ2) is 5.81. The van der Waals surface area contributed by atoms with E-state index >= 15 is 0 Å². The number of fused-ring (bicyclic) bond motifs is 1. The lowest BCUT2D eigenvalue weighted by atomic mass is 10.1. The molecule has 0 unspecified atom stereocenters. The number of amides is 1. The van der Waals surface area contributed by atoms with E-state index in [0.29, 0.717) is 5.69 Å². The van der Waals surface area contributed by atoms with Crippen molar-refractivity contribution >= 4 is 32.7 Å². The first-order valence-electron chi connectivity index (χ1n) is 7.71. The van der Waals surface area contributed by atoms with Gasteiger partial charge in [-0.2, -0.15) is 0 Å². The van der Waals surface area contributed by atoms with Crippen LogP contribution < -0.4 is 0 Å². The summed E-state index contributed by atoms with van der Waals surface area (Å²) in [5.74, 6) is 0.0663. The molecule has 116 valence electrons. The van der Waals surface area contributed by atoms with E-state index in [4.69, 9.17) is 0 Å². The quantitative estimate of drug-likeness (QED) is 0.731. The number of pyridine rings is 1.